The summed E-state index contributed by atoms with van der Waals surface area (Å²) in [5.74, 6) is 0.214. The van der Waals surface area contributed by atoms with Crippen molar-refractivity contribution < 1.29 is 22.6 Å². The van der Waals surface area contributed by atoms with Gasteiger partial charge in [-0.3, -0.25) is 14.7 Å². The highest BCUT2D eigenvalue weighted by atomic mass is 32.2. The summed E-state index contributed by atoms with van der Waals surface area (Å²) in [5.41, 5.74) is -0.268. The molecule has 8 nitrogen and oxygen atoms in total. The van der Waals surface area contributed by atoms with E-state index in [4.69, 9.17) is 9.29 Å². The Morgan fingerprint density at radius 1 is 1.35 bits per heavy atom. The second kappa shape index (κ2) is 5.25. The molecule has 1 heterocycles. The molecule has 110 valence electrons. The summed E-state index contributed by atoms with van der Waals surface area (Å²) in [4.78, 5) is 11.2. The lowest BCUT2D eigenvalue weighted by molar-refractivity contribution is -0.387. The molecule has 0 atom stereocenters. The van der Waals surface area contributed by atoms with Gasteiger partial charge in [0.2, 0.25) is 0 Å². The molecule has 0 aliphatic carbocycles. The number of hydrogen-bond donors (Lipinski definition) is 1. The van der Waals surface area contributed by atoms with Gasteiger partial charge in [0, 0.05) is 13.1 Å². The van der Waals surface area contributed by atoms with Crippen molar-refractivity contribution in [2.45, 2.75) is 17.7 Å². The van der Waals surface area contributed by atoms with E-state index in [1.165, 1.54) is 7.11 Å². The Labute approximate surface area is 115 Å². The quantitative estimate of drug-likeness (QED) is 0.509. The monoisotopic (exact) mass is 302 g/mol. The maximum atomic E-state index is 11.3. The normalized spacial score (nSPS) is 15.4. The maximum Gasteiger partial charge on any atom is 0.301 e. The standard InChI is InChI=1S/C11H14N2O6S/c1-19-10-6-9(13(14)15)11(20(16,17)18)7-8(10)12-4-2-3-5-12/h6-7H,2-5H2,1H3,(H,16,17,18). The molecule has 20 heavy (non-hydrogen) atoms. The van der Waals surface area contributed by atoms with Gasteiger partial charge in [-0.1, -0.05) is 0 Å². The van der Waals surface area contributed by atoms with Gasteiger partial charge >= 0.3 is 10.1 Å². The summed E-state index contributed by atoms with van der Waals surface area (Å²) in [6.45, 7) is 1.41. The van der Waals surface area contributed by atoms with Gasteiger partial charge < -0.3 is 9.64 Å². The summed E-state index contributed by atoms with van der Waals surface area (Å²) >= 11 is 0. The molecule has 2 rings (SSSR count). The fourth-order valence-electron chi connectivity index (χ4n) is 2.26. The van der Waals surface area contributed by atoms with Crippen LogP contribution in [0.2, 0.25) is 0 Å². The molecule has 0 unspecified atom stereocenters. The van der Waals surface area contributed by atoms with E-state index >= 15 is 0 Å². The Morgan fingerprint density at radius 2 is 1.95 bits per heavy atom. The average Bonchev–Trinajstić information content (AvgIpc) is 2.89. The van der Waals surface area contributed by atoms with Crippen molar-refractivity contribution in [2.75, 3.05) is 25.1 Å². The highest BCUT2D eigenvalue weighted by molar-refractivity contribution is 7.86. The second-order valence-corrected chi connectivity index (χ2v) is 5.81. The van der Waals surface area contributed by atoms with E-state index in [0.29, 0.717) is 18.8 Å². The van der Waals surface area contributed by atoms with Gasteiger partial charge in [-0.25, -0.2) is 0 Å². The van der Waals surface area contributed by atoms with Crippen molar-refractivity contribution in [2.24, 2.45) is 0 Å². The summed E-state index contributed by atoms with van der Waals surface area (Å²) in [6, 6.07) is 2.12. The van der Waals surface area contributed by atoms with E-state index in [1.54, 1.807) is 0 Å². The van der Waals surface area contributed by atoms with Crippen LogP contribution in [0.3, 0.4) is 0 Å². The third-order valence-corrected chi connectivity index (χ3v) is 4.06. The number of rotatable bonds is 4. The number of hydrogen-bond acceptors (Lipinski definition) is 6. The van der Waals surface area contributed by atoms with Crippen molar-refractivity contribution >= 4 is 21.5 Å². The molecule has 1 fully saturated rings. The Hall–Kier alpha value is -1.87. The van der Waals surface area contributed by atoms with Crippen LogP contribution in [-0.4, -0.2) is 38.1 Å². The van der Waals surface area contributed by atoms with Crippen molar-refractivity contribution in [3.05, 3.63) is 22.2 Å². The molecule has 1 aromatic rings. The fraction of sp³-hybridized carbons (Fsp3) is 0.455. The SMILES string of the molecule is COc1cc([N+](=O)[O-])c(S(=O)(=O)O)cc1N1CCCC1. The Kier molecular flexibility index (Phi) is 3.82. The molecule has 1 aliphatic rings. The van der Waals surface area contributed by atoms with E-state index in [9.17, 15) is 18.5 Å². The zero-order valence-corrected chi connectivity index (χ0v) is 11.6. The van der Waals surface area contributed by atoms with Crippen LogP contribution in [0.15, 0.2) is 17.0 Å². The van der Waals surface area contributed by atoms with E-state index in [2.05, 4.69) is 0 Å². The number of methoxy groups -OCH3 is 1. The first-order valence-electron chi connectivity index (χ1n) is 5.93. The van der Waals surface area contributed by atoms with Crippen LogP contribution in [0.4, 0.5) is 11.4 Å². The van der Waals surface area contributed by atoms with Gasteiger partial charge in [0.15, 0.2) is 4.90 Å². The Bertz CT molecular complexity index is 637. The minimum absolute atomic E-state index is 0.214. The number of anilines is 1. The van der Waals surface area contributed by atoms with Gasteiger partial charge in [-0.15, -0.1) is 0 Å². The minimum Gasteiger partial charge on any atom is -0.494 e. The smallest absolute Gasteiger partial charge is 0.301 e. The third kappa shape index (κ3) is 2.68. The molecule has 0 saturated carbocycles. The highest BCUT2D eigenvalue weighted by Gasteiger charge is 2.29. The van der Waals surface area contributed by atoms with Crippen molar-refractivity contribution in [1.82, 2.24) is 0 Å². The van der Waals surface area contributed by atoms with Crippen LogP contribution < -0.4 is 9.64 Å². The predicted molar refractivity (Wildman–Crippen MR) is 70.9 cm³/mol. The van der Waals surface area contributed by atoms with Gasteiger partial charge in [-0.2, -0.15) is 8.42 Å². The van der Waals surface area contributed by atoms with E-state index in [-0.39, 0.29) is 5.75 Å². The lowest BCUT2D eigenvalue weighted by atomic mass is 10.2. The largest absolute Gasteiger partial charge is 0.494 e. The van der Waals surface area contributed by atoms with E-state index in [1.807, 2.05) is 4.90 Å². The molecule has 0 amide bonds. The molecule has 1 aliphatic heterocycles. The van der Waals surface area contributed by atoms with Gasteiger partial charge in [0.25, 0.3) is 5.69 Å². The first-order valence-corrected chi connectivity index (χ1v) is 7.37. The van der Waals surface area contributed by atoms with Crippen molar-refractivity contribution in [1.29, 1.82) is 0 Å². The molecular formula is C11H14N2O6S. The van der Waals surface area contributed by atoms with Gasteiger partial charge in [-0.05, 0) is 18.9 Å². The number of ether oxygens (including phenoxy) is 1. The summed E-state index contributed by atoms with van der Waals surface area (Å²) < 4.78 is 36.9. The summed E-state index contributed by atoms with van der Waals surface area (Å²) in [5, 5.41) is 10.9. The Morgan fingerprint density at radius 3 is 2.40 bits per heavy atom. The molecule has 1 N–H and O–H groups in total. The average molecular weight is 302 g/mol. The Balaban J connectivity index is 2.66. The first kappa shape index (κ1) is 14.5. The lowest BCUT2D eigenvalue weighted by Gasteiger charge is -2.21. The molecule has 0 spiro atoms. The van der Waals surface area contributed by atoms with Crippen molar-refractivity contribution in [3.8, 4) is 5.75 Å². The fourth-order valence-corrected chi connectivity index (χ4v) is 2.91. The number of nitro groups is 1. The van der Waals surface area contributed by atoms with Crippen LogP contribution >= 0.6 is 0 Å². The molecule has 9 heteroatoms. The minimum atomic E-state index is -4.68. The molecule has 0 radical (unpaired) electrons. The van der Waals surface area contributed by atoms with Crippen LogP contribution in [0, 0.1) is 10.1 Å². The lowest BCUT2D eigenvalue weighted by Crippen LogP contribution is -2.19. The van der Waals surface area contributed by atoms with Crippen LogP contribution in [0.5, 0.6) is 5.75 Å². The molecule has 1 aromatic carbocycles. The second-order valence-electron chi connectivity index (χ2n) is 4.42. The van der Waals surface area contributed by atoms with Crippen LogP contribution in [0.1, 0.15) is 12.8 Å². The van der Waals surface area contributed by atoms with Crippen LogP contribution in [0.25, 0.3) is 0 Å². The summed E-state index contributed by atoms with van der Waals surface area (Å²) in [7, 11) is -3.33. The maximum absolute atomic E-state index is 11.3. The topological polar surface area (TPSA) is 110 Å². The number of nitro benzene ring substituents is 1. The zero-order valence-electron chi connectivity index (χ0n) is 10.8. The molecular weight excluding hydrogens is 288 g/mol. The third-order valence-electron chi connectivity index (χ3n) is 3.18. The van der Waals surface area contributed by atoms with E-state index in [0.717, 1.165) is 25.0 Å². The molecule has 0 aromatic heterocycles. The summed E-state index contributed by atoms with van der Waals surface area (Å²) in [6.07, 6.45) is 1.89. The zero-order chi connectivity index (χ0) is 14.9. The molecule has 0 bridgehead atoms. The predicted octanol–water partition coefficient (Wildman–Crippen LogP) is 1.45. The van der Waals surface area contributed by atoms with E-state index < -0.39 is 25.6 Å². The number of nitrogens with zero attached hydrogens (tertiary/aromatic N) is 2. The highest BCUT2D eigenvalue weighted by Crippen LogP contribution is 2.38. The van der Waals surface area contributed by atoms with Crippen LogP contribution in [-0.2, 0) is 10.1 Å². The molecule has 1 saturated heterocycles. The van der Waals surface area contributed by atoms with Gasteiger partial charge in [0.1, 0.15) is 5.75 Å². The number of benzene rings is 1. The first-order chi connectivity index (χ1) is 9.34. The van der Waals surface area contributed by atoms with Gasteiger partial charge in [0.05, 0.1) is 23.8 Å². The van der Waals surface area contributed by atoms with Crippen molar-refractivity contribution in [3.63, 3.8) is 0 Å².